The summed E-state index contributed by atoms with van der Waals surface area (Å²) in [5.41, 5.74) is 7.47. The van der Waals surface area contributed by atoms with Gasteiger partial charge in [-0.05, 0) is 62.6 Å². The second-order valence-corrected chi connectivity index (χ2v) is 9.88. The molecule has 0 unspecified atom stereocenters. The zero-order chi connectivity index (χ0) is 30.2. The Balaban J connectivity index is 1.83. The lowest BCUT2D eigenvalue weighted by molar-refractivity contribution is -0.137. The quantitative estimate of drug-likeness (QED) is 0.128. The molecule has 1 fully saturated rings. The molecule has 1 aliphatic rings. The van der Waals surface area contributed by atoms with E-state index in [1.54, 1.807) is 24.3 Å². The van der Waals surface area contributed by atoms with E-state index in [9.17, 15) is 22.8 Å². The molecule has 3 rings (SSSR count). The molecular formula is C29H34F3N7O2. The number of carbonyl (C=O) groups excluding carboxylic acids is 2. The van der Waals surface area contributed by atoms with Crippen molar-refractivity contribution in [3.63, 3.8) is 0 Å². The summed E-state index contributed by atoms with van der Waals surface area (Å²) >= 11 is 0. The lowest BCUT2D eigenvalue weighted by Crippen LogP contribution is -2.39. The summed E-state index contributed by atoms with van der Waals surface area (Å²) in [4.78, 5) is 29.4. The number of hydrogen-bond acceptors (Lipinski definition) is 5. The van der Waals surface area contributed by atoms with Crippen LogP contribution in [0.4, 0.5) is 29.3 Å². The number of nitrogens with one attached hydrogen (secondary N) is 5. The lowest BCUT2D eigenvalue weighted by atomic mass is 10.0. The van der Waals surface area contributed by atoms with Gasteiger partial charge >= 0.3 is 12.2 Å². The molecule has 2 aromatic rings. The number of carbonyl (C=O) groups is 2. The first kappa shape index (κ1) is 30.9. The van der Waals surface area contributed by atoms with Crippen molar-refractivity contribution in [1.82, 2.24) is 10.6 Å². The fourth-order valence-electron chi connectivity index (χ4n) is 4.43. The second-order valence-electron chi connectivity index (χ2n) is 9.88. The average molecular weight is 570 g/mol. The summed E-state index contributed by atoms with van der Waals surface area (Å²) in [6, 6.07) is 9.94. The zero-order valence-corrected chi connectivity index (χ0v) is 22.9. The van der Waals surface area contributed by atoms with E-state index in [0.717, 1.165) is 44.2 Å². The number of anilines is 2. The molecule has 0 saturated heterocycles. The van der Waals surface area contributed by atoms with E-state index >= 15 is 0 Å². The number of benzene rings is 2. The Morgan fingerprint density at radius 1 is 1.07 bits per heavy atom. The molecule has 0 bridgehead atoms. The van der Waals surface area contributed by atoms with E-state index in [4.69, 9.17) is 11.1 Å². The second kappa shape index (κ2) is 13.6. The molecule has 0 radical (unpaired) electrons. The topological polar surface area (TPSA) is 144 Å². The highest BCUT2D eigenvalue weighted by Crippen LogP contribution is 2.31. The first-order valence-corrected chi connectivity index (χ1v) is 13.1. The van der Waals surface area contributed by atoms with Crippen LogP contribution in [0.1, 0.15) is 50.7 Å². The summed E-state index contributed by atoms with van der Waals surface area (Å²) < 4.78 is 38.9. The predicted octanol–water partition coefficient (Wildman–Crippen LogP) is 5.84. The van der Waals surface area contributed by atoms with Crippen molar-refractivity contribution in [2.75, 3.05) is 10.6 Å². The summed E-state index contributed by atoms with van der Waals surface area (Å²) in [5.74, 6) is -0.250. The Morgan fingerprint density at radius 3 is 2.29 bits per heavy atom. The standard InChI is InChI=1S/C29H34F3N7O2/c1-17(2)36-18(3)24(26(35-16-33)39-27(40)20-7-4-5-8-20)25(34)19-11-13-22(14-12-19)37-28(41)38-23-10-6-9-21(15-23)29(30,31)32/h6,9-17,20,36H,3-5,7-8,34H2,1-2H3,(H2,37,38,41)(H2,33,35,39,40). The third-order valence-electron chi connectivity index (χ3n) is 6.33. The maximum atomic E-state index is 13.0. The van der Waals surface area contributed by atoms with Crippen LogP contribution < -0.4 is 27.0 Å². The Morgan fingerprint density at radius 2 is 1.71 bits per heavy atom. The minimum absolute atomic E-state index is 0.0143. The molecule has 218 valence electrons. The van der Waals surface area contributed by atoms with E-state index in [0.29, 0.717) is 22.5 Å². The van der Waals surface area contributed by atoms with Gasteiger partial charge in [0, 0.05) is 29.0 Å². The number of hydrogen-bond donors (Lipinski definition) is 6. The van der Waals surface area contributed by atoms with Gasteiger partial charge in [-0.25, -0.2) is 9.79 Å². The highest BCUT2D eigenvalue weighted by Gasteiger charge is 2.30. The number of aliphatic imine (C=N–C) groups is 1. The van der Waals surface area contributed by atoms with E-state index in [1.165, 1.54) is 12.1 Å². The van der Waals surface area contributed by atoms with Crippen LogP contribution in [0.25, 0.3) is 5.70 Å². The van der Waals surface area contributed by atoms with Gasteiger partial charge in [0.05, 0.1) is 16.8 Å². The van der Waals surface area contributed by atoms with Crippen molar-refractivity contribution in [3.8, 4) is 0 Å². The molecule has 12 heteroatoms. The fraction of sp³-hybridized carbons (Fsp3) is 0.310. The van der Waals surface area contributed by atoms with Gasteiger partial charge in [0.25, 0.3) is 0 Å². The number of nitrogens with two attached hydrogens (primary N) is 1. The van der Waals surface area contributed by atoms with Crippen LogP contribution in [-0.4, -0.2) is 30.2 Å². The van der Waals surface area contributed by atoms with Crippen molar-refractivity contribution >= 4 is 41.2 Å². The van der Waals surface area contributed by atoms with Gasteiger partial charge in [0.15, 0.2) is 0 Å². The number of amides is 3. The first-order valence-electron chi connectivity index (χ1n) is 13.1. The number of nitrogens with zero attached hydrogens (tertiary/aromatic N) is 1. The van der Waals surface area contributed by atoms with Crippen molar-refractivity contribution in [2.24, 2.45) is 16.6 Å². The van der Waals surface area contributed by atoms with Crippen LogP contribution in [0.3, 0.4) is 0 Å². The van der Waals surface area contributed by atoms with Crippen LogP contribution in [0.15, 0.2) is 71.4 Å². The molecule has 2 aromatic carbocycles. The van der Waals surface area contributed by atoms with Crippen molar-refractivity contribution < 1.29 is 22.8 Å². The lowest BCUT2D eigenvalue weighted by Gasteiger charge is -2.21. The number of halogens is 3. The maximum Gasteiger partial charge on any atom is 0.416 e. The van der Waals surface area contributed by atoms with Crippen molar-refractivity contribution in [2.45, 2.75) is 51.7 Å². The van der Waals surface area contributed by atoms with Crippen LogP contribution in [0.2, 0.25) is 0 Å². The van der Waals surface area contributed by atoms with Gasteiger partial charge in [-0.15, -0.1) is 0 Å². The van der Waals surface area contributed by atoms with Gasteiger partial charge in [-0.3, -0.25) is 10.2 Å². The third kappa shape index (κ3) is 8.69. The van der Waals surface area contributed by atoms with Crippen LogP contribution >= 0.6 is 0 Å². The van der Waals surface area contributed by atoms with Gasteiger partial charge in [0.2, 0.25) is 5.91 Å². The minimum Gasteiger partial charge on any atom is -0.398 e. The molecule has 41 heavy (non-hydrogen) atoms. The van der Waals surface area contributed by atoms with Gasteiger partial charge in [-0.1, -0.05) is 37.6 Å². The molecule has 7 N–H and O–H groups in total. The zero-order valence-electron chi connectivity index (χ0n) is 22.9. The Kier molecular flexibility index (Phi) is 10.3. The summed E-state index contributed by atoms with van der Waals surface area (Å²) in [6.45, 7) is 7.90. The molecular weight excluding hydrogens is 535 g/mol. The van der Waals surface area contributed by atoms with Crippen LogP contribution in [0.5, 0.6) is 0 Å². The van der Waals surface area contributed by atoms with E-state index in [1.807, 2.05) is 13.8 Å². The predicted molar refractivity (Wildman–Crippen MR) is 155 cm³/mol. The Labute approximate surface area is 236 Å². The molecule has 9 nitrogen and oxygen atoms in total. The number of amidine groups is 1. The van der Waals surface area contributed by atoms with Crippen molar-refractivity contribution in [1.29, 1.82) is 5.41 Å². The molecule has 1 aliphatic carbocycles. The molecule has 1 saturated carbocycles. The molecule has 0 atom stereocenters. The minimum atomic E-state index is -4.53. The van der Waals surface area contributed by atoms with Gasteiger partial charge in [0.1, 0.15) is 12.2 Å². The molecule has 3 amide bonds. The molecule has 0 heterocycles. The average Bonchev–Trinajstić information content (AvgIpc) is 3.44. The SMILES string of the molecule is C=C(NC(C)C)C(C(=NC=N)NC(=O)C1CCCC1)=C(N)c1ccc(NC(=O)Nc2cccc(C(F)(F)F)c2)cc1. The fourth-order valence-corrected chi connectivity index (χ4v) is 4.43. The van der Waals surface area contributed by atoms with E-state index < -0.39 is 17.8 Å². The smallest absolute Gasteiger partial charge is 0.398 e. The largest absolute Gasteiger partial charge is 0.416 e. The molecule has 0 aromatic heterocycles. The molecule has 0 aliphatic heterocycles. The highest BCUT2D eigenvalue weighted by molar-refractivity contribution is 6.16. The molecule has 0 spiro atoms. The third-order valence-corrected chi connectivity index (χ3v) is 6.33. The summed E-state index contributed by atoms with van der Waals surface area (Å²) in [6.07, 6.45) is -0.219. The van der Waals surface area contributed by atoms with Crippen LogP contribution in [-0.2, 0) is 11.0 Å². The summed E-state index contributed by atoms with van der Waals surface area (Å²) in [5, 5.41) is 18.5. The Bertz CT molecular complexity index is 1340. The number of rotatable bonds is 9. The summed E-state index contributed by atoms with van der Waals surface area (Å²) in [7, 11) is 0. The normalized spacial score (nSPS) is 14.7. The van der Waals surface area contributed by atoms with E-state index in [-0.39, 0.29) is 35.1 Å². The van der Waals surface area contributed by atoms with Gasteiger partial charge < -0.3 is 27.0 Å². The number of urea groups is 1. The van der Waals surface area contributed by atoms with Crippen molar-refractivity contribution in [3.05, 3.63) is 77.5 Å². The van der Waals surface area contributed by atoms with Gasteiger partial charge in [-0.2, -0.15) is 13.2 Å². The van der Waals surface area contributed by atoms with Crippen LogP contribution in [0, 0.1) is 11.3 Å². The maximum absolute atomic E-state index is 13.0. The van der Waals surface area contributed by atoms with E-state index in [2.05, 4.69) is 32.8 Å². The Hall–Kier alpha value is -4.61. The monoisotopic (exact) mass is 569 g/mol. The number of alkyl halides is 3. The first-order chi connectivity index (χ1) is 19.4. The highest BCUT2D eigenvalue weighted by atomic mass is 19.4.